The van der Waals surface area contributed by atoms with Crippen molar-refractivity contribution in [3.63, 3.8) is 0 Å². The average Bonchev–Trinajstić information content (AvgIpc) is 2.55. The van der Waals surface area contributed by atoms with Crippen molar-refractivity contribution in [1.82, 2.24) is 4.98 Å². The maximum absolute atomic E-state index is 5.57. The minimum Gasteiger partial charge on any atom is -0.357 e. The van der Waals surface area contributed by atoms with Crippen molar-refractivity contribution in [3.05, 3.63) is 35.0 Å². The second-order valence-corrected chi connectivity index (χ2v) is 3.47. The van der Waals surface area contributed by atoms with Crippen LogP contribution in [0.15, 0.2) is 18.2 Å². The largest absolute Gasteiger partial charge is 0.357 e. The number of aryl methyl sites for hydroxylation is 2. The summed E-state index contributed by atoms with van der Waals surface area (Å²) < 4.78 is 0. The summed E-state index contributed by atoms with van der Waals surface area (Å²) in [6.07, 6.45) is 0. The Kier molecular flexibility index (Phi) is 1.85. The molecule has 2 nitrogen and oxygen atoms in total. The summed E-state index contributed by atoms with van der Waals surface area (Å²) in [6, 6.07) is 6.39. The highest BCUT2D eigenvalue weighted by atomic mass is 14.7. The van der Waals surface area contributed by atoms with Crippen molar-refractivity contribution < 1.29 is 0 Å². The number of H-pyrrole nitrogens is 1. The fourth-order valence-electron chi connectivity index (χ4n) is 1.62. The van der Waals surface area contributed by atoms with Crippen LogP contribution in [0.1, 0.15) is 16.8 Å². The fraction of sp³-hybridized carbons (Fsp3) is 0.273. The van der Waals surface area contributed by atoms with Crippen molar-refractivity contribution in [2.75, 3.05) is 0 Å². The van der Waals surface area contributed by atoms with Gasteiger partial charge in [-0.1, -0.05) is 12.1 Å². The zero-order chi connectivity index (χ0) is 9.42. The molecule has 1 aromatic heterocycles. The first-order valence-electron chi connectivity index (χ1n) is 4.50. The first-order valence-corrected chi connectivity index (χ1v) is 4.50. The maximum atomic E-state index is 5.57. The van der Waals surface area contributed by atoms with Gasteiger partial charge in [0.25, 0.3) is 0 Å². The third kappa shape index (κ3) is 1.23. The van der Waals surface area contributed by atoms with E-state index in [4.69, 9.17) is 5.73 Å². The Hall–Kier alpha value is -1.28. The number of aromatic nitrogens is 1. The van der Waals surface area contributed by atoms with Gasteiger partial charge in [-0.2, -0.15) is 0 Å². The first kappa shape index (κ1) is 8.32. The molecule has 0 amide bonds. The molecule has 0 spiro atoms. The van der Waals surface area contributed by atoms with Gasteiger partial charge in [-0.3, -0.25) is 0 Å². The van der Waals surface area contributed by atoms with Gasteiger partial charge in [0.1, 0.15) is 0 Å². The van der Waals surface area contributed by atoms with Gasteiger partial charge in [-0.15, -0.1) is 0 Å². The summed E-state index contributed by atoms with van der Waals surface area (Å²) in [5.74, 6) is 0. The molecule has 0 aliphatic heterocycles. The van der Waals surface area contributed by atoms with E-state index >= 15 is 0 Å². The minimum absolute atomic E-state index is 0.577. The van der Waals surface area contributed by atoms with Crippen LogP contribution in [0.4, 0.5) is 0 Å². The number of nitrogens with two attached hydrogens (primary N) is 1. The molecule has 68 valence electrons. The molecule has 0 bridgehead atoms. The van der Waals surface area contributed by atoms with E-state index < -0.39 is 0 Å². The van der Waals surface area contributed by atoms with Crippen LogP contribution in [0, 0.1) is 13.8 Å². The SMILES string of the molecule is Cc1ccc2cc(CN)[nH]c2c1C. The molecule has 0 saturated heterocycles. The lowest BCUT2D eigenvalue weighted by molar-refractivity contribution is 1.02. The van der Waals surface area contributed by atoms with E-state index in [0.29, 0.717) is 6.54 Å². The Morgan fingerprint density at radius 2 is 2.08 bits per heavy atom. The predicted octanol–water partition coefficient (Wildman–Crippen LogP) is 2.24. The standard InChI is InChI=1S/C11H14N2/c1-7-3-4-9-5-10(6-12)13-11(9)8(7)2/h3-5,13H,6,12H2,1-2H3. The van der Waals surface area contributed by atoms with E-state index in [0.717, 1.165) is 5.69 Å². The second kappa shape index (κ2) is 2.89. The molecule has 2 heteroatoms. The van der Waals surface area contributed by atoms with Gasteiger partial charge in [0, 0.05) is 17.8 Å². The van der Waals surface area contributed by atoms with Crippen LogP contribution in [-0.4, -0.2) is 4.98 Å². The number of benzene rings is 1. The smallest absolute Gasteiger partial charge is 0.0488 e. The van der Waals surface area contributed by atoms with Crippen LogP contribution in [-0.2, 0) is 6.54 Å². The Bertz CT molecular complexity index is 441. The highest BCUT2D eigenvalue weighted by Gasteiger charge is 2.03. The number of fused-ring (bicyclic) bond motifs is 1. The fourth-order valence-corrected chi connectivity index (χ4v) is 1.62. The number of nitrogens with one attached hydrogen (secondary N) is 1. The second-order valence-electron chi connectivity index (χ2n) is 3.47. The lowest BCUT2D eigenvalue weighted by Crippen LogP contribution is -1.95. The Morgan fingerprint density at radius 3 is 2.77 bits per heavy atom. The summed E-state index contributed by atoms with van der Waals surface area (Å²) in [6.45, 7) is 4.83. The third-order valence-electron chi connectivity index (χ3n) is 2.60. The van der Waals surface area contributed by atoms with Crippen LogP contribution in [0.3, 0.4) is 0 Å². The molecule has 2 aromatic rings. The third-order valence-corrected chi connectivity index (χ3v) is 2.60. The molecule has 0 aliphatic rings. The molecule has 0 saturated carbocycles. The van der Waals surface area contributed by atoms with Gasteiger partial charge in [0.05, 0.1) is 0 Å². The first-order chi connectivity index (χ1) is 6.22. The highest BCUT2D eigenvalue weighted by Crippen LogP contribution is 2.21. The zero-order valence-corrected chi connectivity index (χ0v) is 8.02. The van der Waals surface area contributed by atoms with Gasteiger partial charge in [-0.25, -0.2) is 0 Å². The van der Waals surface area contributed by atoms with Gasteiger partial charge < -0.3 is 10.7 Å². The van der Waals surface area contributed by atoms with Crippen LogP contribution in [0.2, 0.25) is 0 Å². The van der Waals surface area contributed by atoms with Crippen LogP contribution in [0.25, 0.3) is 10.9 Å². The van der Waals surface area contributed by atoms with Gasteiger partial charge >= 0.3 is 0 Å². The number of rotatable bonds is 1. The molecule has 0 fully saturated rings. The molecule has 0 atom stereocenters. The predicted molar refractivity (Wildman–Crippen MR) is 55.7 cm³/mol. The molecule has 13 heavy (non-hydrogen) atoms. The van der Waals surface area contributed by atoms with Crippen LogP contribution in [0.5, 0.6) is 0 Å². The van der Waals surface area contributed by atoms with Crippen molar-refractivity contribution in [1.29, 1.82) is 0 Å². The molecule has 0 unspecified atom stereocenters. The number of hydrogen-bond acceptors (Lipinski definition) is 1. The summed E-state index contributed by atoms with van der Waals surface area (Å²) >= 11 is 0. The van der Waals surface area contributed by atoms with E-state index in [1.807, 2.05) is 0 Å². The summed E-state index contributed by atoms with van der Waals surface area (Å²) in [5.41, 5.74) is 10.5. The number of hydrogen-bond donors (Lipinski definition) is 2. The monoisotopic (exact) mass is 174 g/mol. The summed E-state index contributed by atoms with van der Waals surface area (Å²) in [5, 5.41) is 1.25. The molecule has 0 aliphatic carbocycles. The van der Waals surface area contributed by atoms with Crippen molar-refractivity contribution in [2.24, 2.45) is 5.73 Å². The topological polar surface area (TPSA) is 41.8 Å². The van der Waals surface area contributed by atoms with Gasteiger partial charge in [-0.05, 0) is 36.4 Å². The molecule has 3 N–H and O–H groups in total. The summed E-state index contributed by atoms with van der Waals surface area (Å²) in [7, 11) is 0. The van der Waals surface area contributed by atoms with Gasteiger partial charge in [0.15, 0.2) is 0 Å². The Balaban J connectivity index is 2.76. The van der Waals surface area contributed by atoms with Crippen LogP contribution >= 0.6 is 0 Å². The summed E-state index contributed by atoms with van der Waals surface area (Å²) in [4.78, 5) is 3.33. The molecule has 1 heterocycles. The van der Waals surface area contributed by atoms with Crippen molar-refractivity contribution in [2.45, 2.75) is 20.4 Å². The lowest BCUT2D eigenvalue weighted by Gasteiger charge is -1.99. The average molecular weight is 174 g/mol. The molecule has 1 aromatic carbocycles. The molecular formula is C11H14N2. The van der Waals surface area contributed by atoms with Crippen LogP contribution < -0.4 is 5.73 Å². The highest BCUT2D eigenvalue weighted by molar-refractivity contribution is 5.84. The lowest BCUT2D eigenvalue weighted by atomic mass is 10.1. The molecular weight excluding hydrogens is 160 g/mol. The van der Waals surface area contributed by atoms with E-state index in [2.05, 4.69) is 37.0 Å². The maximum Gasteiger partial charge on any atom is 0.0488 e. The zero-order valence-electron chi connectivity index (χ0n) is 8.02. The quantitative estimate of drug-likeness (QED) is 0.684. The normalized spacial score (nSPS) is 11.0. The van der Waals surface area contributed by atoms with E-state index in [9.17, 15) is 0 Å². The van der Waals surface area contributed by atoms with Gasteiger partial charge in [0.2, 0.25) is 0 Å². The number of aromatic amines is 1. The van der Waals surface area contributed by atoms with E-state index in [1.54, 1.807) is 0 Å². The molecule has 2 rings (SSSR count). The van der Waals surface area contributed by atoms with Crippen molar-refractivity contribution in [3.8, 4) is 0 Å². The van der Waals surface area contributed by atoms with E-state index in [1.165, 1.54) is 22.0 Å². The van der Waals surface area contributed by atoms with E-state index in [-0.39, 0.29) is 0 Å². The Labute approximate surface area is 77.8 Å². The minimum atomic E-state index is 0.577. The molecule has 0 radical (unpaired) electrons. The Morgan fingerprint density at radius 1 is 1.31 bits per heavy atom. The van der Waals surface area contributed by atoms with Crippen molar-refractivity contribution >= 4 is 10.9 Å².